The van der Waals surface area contributed by atoms with Crippen molar-refractivity contribution in [2.75, 3.05) is 18.0 Å². The standard InChI is InChI=1S/C11H17N3/c12-13-9-10-3-5-11(6-4-10)14-7-1-2-8-14/h3-6,13H,1-2,7-9,12H2. The molecule has 0 atom stereocenters. The average Bonchev–Trinajstić information content (AvgIpc) is 2.72. The van der Waals surface area contributed by atoms with Gasteiger partial charge in [0, 0.05) is 25.3 Å². The van der Waals surface area contributed by atoms with Crippen LogP contribution in [0.4, 0.5) is 5.69 Å². The summed E-state index contributed by atoms with van der Waals surface area (Å²) in [7, 11) is 0. The van der Waals surface area contributed by atoms with Gasteiger partial charge in [-0.3, -0.25) is 11.3 Å². The lowest BCUT2D eigenvalue weighted by atomic mass is 10.2. The van der Waals surface area contributed by atoms with Gasteiger partial charge in [0.2, 0.25) is 0 Å². The molecule has 2 rings (SSSR count). The van der Waals surface area contributed by atoms with E-state index >= 15 is 0 Å². The molecule has 0 unspecified atom stereocenters. The Kier molecular flexibility index (Phi) is 3.01. The minimum absolute atomic E-state index is 0.736. The largest absolute Gasteiger partial charge is 0.372 e. The van der Waals surface area contributed by atoms with Crippen LogP contribution < -0.4 is 16.2 Å². The van der Waals surface area contributed by atoms with Gasteiger partial charge in [-0.25, -0.2) is 0 Å². The summed E-state index contributed by atoms with van der Waals surface area (Å²) in [5, 5.41) is 0. The van der Waals surface area contributed by atoms with Crippen molar-refractivity contribution in [2.24, 2.45) is 5.84 Å². The van der Waals surface area contributed by atoms with E-state index in [1.54, 1.807) is 0 Å². The van der Waals surface area contributed by atoms with Crippen molar-refractivity contribution >= 4 is 5.69 Å². The Hall–Kier alpha value is -1.06. The van der Waals surface area contributed by atoms with Gasteiger partial charge in [-0.15, -0.1) is 0 Å². The molecule has 1 aromatic rings. The highest BCUT2D eigenvalue weighted by Gasteiger charge is 2.11. The fourth-order valence-electron chi connectivity index (χ4n) is 1.92. The van der Waals surface area contributed by atoms with Crippen LogP contribution in [-0.4, -0.2) is 13.1 Å². The Morgan fingerprint density at radius 1 is 1.14 bits per heavy atom. The molecule has 3 N–H and O–H groups in total. The third-order valence-electron chi connectivity index (χ3n) is 2.71. The van der Waals surface area contributed by atoms with Crippen molar-refractivity contribution < 1.29 is 0 Å². The highest BCUT2D eigenvalue weighted by molar-refractivity contribution is 5.48. The lowest BCUT2D eigenvalue weighted by molar-refractivity contribution is 0.741. The van der Waals surface area contributed by atoms with Gasteiger partial charge in [0.1, 0.15) is 0 Å². The van der Waals surface area contributed by atoms with Gasteiger partial charge in [0.05, 0.1) is 0 Å². The van der Waals surface area contributed by atoms with E-state index in [4.69, 9.17) is 5.84 Å². The van der Waals surface area contributed by atoms with E-state index in [0.29, 0.717) is 0 Å². The summed E-state index contributed by atoms with van der Waals surface area (Å²) >= 11 is 0. The number of rotatable bonds is 3. The molecule has 1 saturated heterocycles. The number of nitrogens with one attached hydrogen (secondary N) is 1. The molecule has 1 heterocycles. The van der Waals surface area contributed by atoms with E-state index in [1.165, 1.54) is 37.2 Å². The third kappa shape index (κ3) is 2.05. The van der Waals surface area contributed by atoms with Crippen LogP contribution in [0.1, 0.15) is 18.4 Å². The molecule has 1 aliphatic rings. The second-order valence-corrected chi connectivity index (χ2v) is 3.74. The lowest BCUT2D eigenvalue weighted by Crippen LogP contribution is -2.21. The van der Waals surface area contributed by atoms with Crippen LogP contribution in [0.3, 0.4) is 0 Å². The Morgan fingerprint density at radius 3 is 2.36 bits per heavy atom. The predicted octanol–water partition coefficient (Wildman–Crippen LogP) is 1.25. The molecule has 0 amide bonds. The molecule has 0 saturated carbocycles. The molecule has 3 nitrogen and oxygen atoms in total. The highest BCUT2D eigenvalue weighted by atomic mass is 15.2. The maximum Gasteiger partial charge on any atom is 0.0366 e. The third-order valence-corrected chi connectivity index (χ3v) is 2.71. The minimum atomic E-state index is 0.736. The SMILES string of the molecule is NNCc1ccc(N2CCCC2)cc1. The zero-order chi connectivity index (χ0) is 9.80. The van der Waals surface area contributed by atoms with Crippen molar-refractivity contribution in [1.82, 2.24) is 5.43 Å². The average molecular weight is 191 g/mol. The maximum absolute atomic E-state index is 5.26. The van der Waals surface area contributed by atoms with Crippen LogP contribution in [0, 0.1) is 0 Å². The van der Waals surface area contributed by atoms with Gasteiger partial charge in [-0.2, -0.15) is 0 Å². The first-order chi connectivity index (χ1) is 6.90. The fraction of sp³-hybridized carbons (Fsp3) is 0.455. The molecule has 76 valence electrons. The molecule has 1 aliphatic heterocycles. The van der Waals surface area contributed by atoms with Crippen LogP contribution in [0.5, 0.6) is 0 Å². The summed E-state index contributed by atoms with van der Waals surface area (Å²) in [5.74, 6) is 5.26. The van der Waals surface area contributed by atoms with Gasteiger partial charge in [-0.1, -0.05) is 12.1 Å². The van der Waals surface area contributed by atoms with Crippen molar-refractivity contribution in [3.05, 3.63) is 29.8 Å². The zero-order valence-electron chi connectivity index (χ0n) is 8.37. The fourth-order valence-corrected chi connectivity index (χ4v) is 1.92. The highest BCUT2D eigenvalue weighted by Crippen LogP contribution is 2.20. The molecule has 0 radical (unpaired) electrons. The van der Waals surface area contributed by atoms with E-state index < -0.39 is 0 Å². The second-order valence-electron chi connectivity index (χ2n) is 3.74. The summed E-state index contributed by atoms with van der Waals surface area (Å²) in [4.78, 5) is 2.43. The number of benzene rings is 1. The van der Waals surface area contributed by atoms with Gasteiger partial charge < -0.3 is 4.90 Å². The molecule has 1 aromatic carbocycles. The smallest absolute Gasteiger partial charge is 0.0366 e. The topological polar surface area (TPSA) is 41.3 Å². The van der Waals surface area contributed by atoms with Crippen LogP contribution >= 0.6 is 0 Å². The first-order valence-electron chi connectivity index (χ1n) is 5.17. The molecule has 0 bridgehead atoms. The van der Waals surface area contributed by atoms with E-state index in [1.807, 2.05) is 0 Å². The Morgan fingerprint density at radius 2 is 1.79 bits per heavy atom. The van der Waals surface area contributed by atoms with E-state index in [-0.39, 0.29) is 0 Å². The second kappa shape index (κ2) is 4.44. The summed E-state index contributed by atoms with van der Waals surface area (Å²) in [6.45, 7) is 3.14. The summed E-state index contributed by atoms with van der Waals surface area (Å²) in [6, 6.07) is 8.62. The van der Waals surface area contributed by atoms with E-state index in [9.17, 15) is 0 Å². The summed E-state index contributed by atoms with van der Waals surface area (Å²) in [6.07, 6.45) is 2.65. The summed E-state index contributed by atoms with van der Waals surface area (Å²) < 4.78 is 0. The van der Waals surface area contributed by atoms with Crippen molar-refractivity contribution in [1.29, 1.82) is 0 Å². The van der Waals surface area contributed by atoms with Gasteiger partial charge in [0.15, 0.2) is 0 Å². The number of nitrogens with two attached hydrogens (primary N) is 1. The molecule has 0 spiro atoms. The van der Waals surface area contributed by atoms with Crippen molar-refractivity contribution in [2.45, 2.75) is 19.4 Å². The van der Waals surface area contributed by atoms with Crippen LogP contribution in [0.25, 0.3) is 0 Å². The molecule has 0 aliphatic carbocycles. The number of hydrazine groups is 1. The van der Waals surface area contributed by atoms with E-state index in [0.717, 1.165) is 6.54 Å². The Bertz CT molecular complexity index is 275. The zero-order valence-corrected chi connectivity index (χ0v) is 8.37. The van der Waals surface area contributed by atoms with Crippen molar-refractivity contribution in [3.8, 4) is 0 Å². The quantitative estimate of drug-likeness (QED) is 0.558. The first kappa shape index (κ1) is 9.49. The molecular weight excluding hydrogens is 174 g/mol. The van der Waals surface area contributed by atoms with Gasteiger partial charge in [-0.05, 0) is 30.5 Å². The van der Waals surface area contributed by atoms with E-state index in [2.05, 4.69) is 34.6 Å². The van der Waals surface area contributed by atoms with Crippen LogP contribution in [-0.2, 0) is 6.54 Å². The van der Waals surface area contributed by atoms with Gasteiger partial charge in [0.25, 0.3) is 0 Å². The first-order valence-corrected chi connectivity index (χ1v) is 5.17. The Labute approximate surface area is 84.9 Å². The van der Waals surface area contributed by atoms with Crippen LogP contribution in [0.2, 0.25) is 0 Å². The molecule has 1 fully saturated rings. The number of anilines is 1. The minimum Gasteiger partial charge on any atom is -0.372 e. The lowest BCUT2D eigenvalue weighted by Gasteiger charge is -2.17. The predicted molar refractivity (Wildman–Crippen MR) is 58.9 cm³/mol. The monoisotopic (exact) mass is 191 g/mol. The molecular formula is C11H17N3. The maximum atomic E-state index is 5.26. The molecule has 14 heavy (non-hydrogen) atoms. The van der Waals surface area contributed by atoms with Crippen molar-refractivity contribution in [3.63, 3.8) is 0 Å². The normalized spacial score (nSPS) is 16.2. The Balaban J connectivity index is 2.05. The number of hydrogen-bond acceptors (Lipinski definition) is 3. The molecule has 3 heteroatoms. The number of nitrogens with zero attached hydrogens (tertiary/aromatic N) is 1. The van der Waals surface area contributed by atoms with Gasteiger partial charge >= 0.3 is 0 Å². The number of hydrogen-bond donors (Lipinski definition) is 2. The van der Waals surface area contributed by atoms with Crippen LogP contribution in [0.15, 0.2) is 24.3 Å². The summed E-state index contributed by atoms with van der Waals surface area (Å²) in [5.41, 5.74) is 5.23. The molecule has 0 aromatic heterocycles.